The van der Waals surface area contributed by atoms with Crippen LogP contribution in [0.15, 0.2) is 59.7 Å². The topological polar surface area (TPSA) is 86.7 Å². The van der Waals surface area contributed by atoms with Gasteiger partial charge in [0.25, 0.3) is 18.2 Å². The van der Waals surface area contributed by atoms with E-state index in [1.807, 2.05) is 42.3 Å². The highest BCUT2D eigenvalue weighted by Crippen LogP contribution is 2.33. The molecule has 2 unspecified atom stereocenters. The number of hydrogen-bond donors (Lipinski definition) is 2. The molecule has 2 aliphatic rings. The van der Waals surface area contributed by atoms with E-state index in [-0.39, 0.29) is 35.6 Å². The highest BCUT2D eigenvalue weighted by Gasteiger charge is 2.33. The second-order valence-corrected chi connectivity index (χ2v) is 9.65. The molecule has 11 heteroatoms. The monoisotopic (exact) mass is 531 g/mol. The molecule has 3 heterocycles. The lowest BCUT2D eigenvalue weighted by molar-refractivity contribution is -0.130. The van der Waals surface area contributed by atoms with Crippen LogP contribution in [0.4, 0.5) is 13.2 Å². The van der Waals surface area contributed by atoms with Gasteiger partial charge in [-0.15, -0.1) is 0 Å². The highest BCUT2D eigenvalue weighted by atomic mass is 35.5. The van der Waals surface area contributed by atoms with Gasteiger partial charge in [0.05, 0.1) is 17.6 Å². The Balaban J connectivity index is 1.53. The molecule has 0 spiro atoms. The van der Waals surface area contributed by atoms with Crippen molar-refractivity contribution in [1.82, 2.24) is 20.5 Å². The Morgan fingerprint density at radius 2 is 2.00 bits per heavy atom. The number of likely N-dealkylation sites (N-methyl/N-ethyl adjacent to an activating group) is 1. The number of alkyl halides is 3. The van der Waals surface area contributed by atoms with Crippen LogP contribution in [0.3, 0.4) is 0 Å². The molecule has 0 fully saturated rings. The van der Waals surface area contributed by atoms with Crippen molar-refractivity contribution >= 4 is 34.9 Å². The minimum Gasteiger partial charge on any atom is -0.365 e. The number of carbonyl (C=O) groups is 2. The number of pyridine rings is 1. The predicted octanol–water partition coefficient (Wildman–Crippen LogP) is 4.46. The van der Waals surface area contributed by atoms with Crippen molar-refractivity contribution in [1.29, 1.82) is 0 Å². The van der Waals surface area contributed by atoms with Crippen LogP contribution < -0.4 is 10.6 Å². The fraction of sp³-hybridized carbons (Fsp3) is 0.308. The third-order valence-electron chi connectivity index (χ3n) is 6.03. The van der Waals surface area contributed by atoms with E-state index in [1.165, 1.54) is 6.07 Å². The van der Waals surface area contributed by atoms with Gasteiger partial charge in [-0.3, -0.25) is 19.6 Å². The first-order chi connectivity index (χ1) is 17.4. The van der Waals surface area contributed by atoms with Crippen molar-refractivity contribution in [2.75, 3.05) is 7.05 Å². The zero-order valence-electron chi connectivity index (χ0n) is 20.3. The highest BCUT2D eigenvalue weighted by molar-refractivity contribution is 6.30. The zero-order chi connectivity index (χ0) is 26.9. The maximum Gasteiger partial charge on any atom is 0.281 e. The molecule has 2 aromatic rings. The maximum atomic E-state index is 13.8. The van der Waals surface area contributed by atoms with Gasteiger partial charge in [-0.1, -0.05) is 29.8 Å². The summed E-state index contributed by atoms with van der Waals surface area (Å²) < 4.78 is 40.9. The summed E-state index contributed by atoms with van der Waals surface area (Å²) in [5.74, 6) is -1.49. The largest absolute Gasteiger partial charge is 0.365 e. The minimum atomic E-state index is -3.01. The molecule has 194 valence electrons. The molecule has 37 heavy (non-hydrogen) atoms. The van der Waals surface area contributed by atoms with Gasteiger partial charge in [-0.2, -0.15) is 0 Å². The van der Waals surface area contributed by atoms with Crippen LogP contribution in [0.1, 0.15) is 47.5 Å². The summed E-state index contributed by atoms with van der Waals surface area (Å²) in [4.78, 5) is 35.1. The lowest BCUT2D eigenvalue weighted by Gasteiger charge is -2.27. The van der Waals surface area contributed by atoms with Gasteiger partial charge in [0.2, 0.25) is 0 Å². The number of carbonyl (C=O) groups excluding carboxylic acids is 2. The first kappa shape index (κ1) is 26.4. The van der Waals surface area contributed by atoms with E-state index in [1.54, 1.807) is 12.1 Å². The van der Waals surface area contributed by atoms with Crippen molar-refractivity contribution in [2.45, 2.75) is 44.6 Å². The van der Waals surface area contributed by atoms with Crippen LogP contribution in [0.5, 0.6) is 0 Å². The molecule has 7 nitrogen and oxygen atoms in total. The molecule has 4 rings (SSSR count). The number of nitrogens with zero attached hydrogens (tertiary/aromatic N) is 3. The fourth-order valence-corrected chi connectivity index (χ4v) is 4.28. The summed E-state index contributed by atoms with van der Waals surface area (Å²) in [6.45, 7) is 2.01. The molecule has 0 bridgehead atoms. The second kappa shape index (κ2) is 10.4. The molecular weight excluding hydrogens is 507 g/mol. The Kier molecular flexibility index (Phi) is 7.40. The summed E-state index contributed by atoms with van der Waals surface area (Å²) >= 11 is 6.13. The van der Waals surface area contributed by atoms with E-state index >= 15 is 0 Å². The van der Waals surface area contributed by atoms with Gasteiger partial charge in [-0.25, -0.2) is 13.2 Å². The molecule has 2 aliphatic heterocycles. The number of dihydropyridines is 1. The molecule has 2 N–H and O–H groups in total. The lowest BCUT2D eigenvalue weighted by atomic mass is 10.1. The van der Waals surface area contributed by atoms with Crippen LogP contribution in [0.25, 0.3) is 5.70 Å². The van der Waals surface area contributed by atoms with Gasteiger partial charge < -0.3 is 15.5 Å². The number of aliphatic imine (C=N–C) groups is 1. The third-order valence-corrected chi connectivity index (χ3v) is 6.26. The van der Waals surface area contributed by atoms with E-state index in [2.05, 4.69) is 20.6 Å². The average molecular weight is 532 g/mol. The summed E-state index contributed by atoms with van der Waals surface area (Å²) in [6, 6.07) is 8.23. The van der Waals surface area contributed by atoms with Crippen molar-refractivity contribution in [3.05, 3.63) is 82.2 Å². The number of fused-ring (bicyclic) bond motifs is 1. The van der Waals surface area contributed by atoms with E-state index in [0.717, 1.165) is 31.3 Å². The fourth-order valence-electron chi connectivity index (χ4n) is 4.09. The first-order valence-electron chi connectivity index (χ1n) is 11.5. The molecule has 1 aromatic carbocycles. The summed E-state index contributed by atoms with van der Waals surface area (Å²) in [5.41, 5.74) is -1.08. The summed E-state index contributed by atoms with van der Waals surface area (Å²) in [6.07, 6.45) is 3.55. The Hall–Kier alpha value is -3.66. The van der Waals surface area contributed by atoms with Gasteiger partial charge in [0.15, 0.2) is 5.67 Å². The molecule has 0 saturated carbocycles. The SMILES string of the molecule is CN1C(c2cccc(Cl)c2)=CC2N=C(NC(=O)c3cc(CNC(=O)C(C)(C)F)cnc3C(F)F)C=CC21. The number of nitrogens with one attached hydrogen (secondary N) is 2. The van der Waals surface area contributed by atoms with Crippen LogP contribution in [-0.4, -0.2) is 52.3 Å². The van der Waals surface area contributed by atoms with Gasteiger partial charge in [0, 0.05) is 30.5 Å². The Morgan fingerprint density at radius 3 is 2.68 bits per heavy atom. The molecule has 2 atom stereocenters. The Morgan fingerprint density at radius 1 is 1.24 bits per heavy atom. The molecule has 1 aromatic heterocycles. The van der Waals surface area contributed by atoms with Crippen LogP contribution in [0, 0.1) is 0 Å². The third kappa shape index (κ3) is 5.85. The van der Waals surface area contributed by atoms with E-state index in [9.17, 15) is 22.8 Å². The van der Waals surface area contributed by atoms with Crippen molar-refractivity contribution in [3.63, 3.8) is 0 Å². The van der Waals surface area contributed by atoms with Crippen LogP contribution in [-0.2, 0) is 11.3 Å². The van der Waals surface area contributed by atoms with Crippen molar-refractivity contribution in [2.24, 2.45) is 4.99 Å². The summed E-state index contributed by atoms with van der Waals surface area (Å²) in [7, 11) is 1.93. The second-order valence-electron chi connectivity index (χ2n) is 9.21. The molecule has 0 aliphatic carbocycles. The molecular formula is C26H25ClF3N5O2. The smallest absolute Gasteiger partial charge is 0.281 e. The zero-order valence-corrected chi connectivity index (χ0v) is 21.1. The van der Waals surface area contributed by atoms with Gasteiger partial charge in [0.1, 0.15) is 11.5 Å². The van der Waals surface area contributed by atoms with Gasteiger partial charge in [-0.05, 0) is 55.3 Å². The number of halogens is 4. The normalized spacial score (nSPS) is 18.9. The Bertz CT molecular complexity index is 1320. The average Bonchev–Trinajstić information content (AvgIpc) is 3.17. The van der Waals surface area contributed by atoms with Crippen molar-refractivity contribution < 1.29 is 22.8 Å². The van der Waals surface area contributed by atoms with Gasteiger partial charge >= 0.3 is 0 Å². The number of aromatic nitrogens is 1. The van der Waals surface area contributed by atoms with E-state index in [4.69, 9.17) is 11.6 Å². The number of hydrogen-bond acceptors (Lipinski definition) is 5. The van der Waals surface area contributed by atoms with E-state index < -0.39 is 29.6 Å². The standard InChI is InChI=1S/C26H25ClF3N5O2/c1-26(2,30)25(37)32-13-14-9-17(22(23(28)29)31-12-14)24(36)34-21-8-7-19-18(33-21)11-20(35(19)3)15-5-4-6-16(27)10-15/h4-12,18-19,23H,13H2,1-3H3,(H,32,37)(H,33,34,36). The van der Waals surface area contributed by atoms with E-state index in [0.29, 0.717) is 5.02 Å². The van der Waals surface area contributed by atoms with Crippen LogP contribution in [0.2, 0.25) is 5.02 Å². The lowest BCUT2D eigenvalue weighted by Crippen LogP contribution is -2.39. The Labute approximate surface area is 217 Å². The molecule has 2 amide bonds. The quantitative estimate of drug-likeness (QED) is 0.576. The maximum absolute atomic E-state index is 13.8. The first-order valence-corrected chi connectivity index (χ1v) is 11.8. The number of benzene rings is 1. The molecule has 0 radical (unpaired) electrons. The summed E-state index contributed by atoms with van der Waals surface area (Å²) in [5, 5.41) is 5.53. The number of amidine groups is 1. The number of rotatable bonds is 6. The minimum absolute atomic E-state index is 0.0837. The predicted molar refractivity (Wildman–Crippen MR) is 135 cm³/mol. The van der Waals surface area contributed by atoms with Crippen molar-refractivity contribution in [3.8, 4) is 0 Å². The number of amides is 2. The molecule has 0 saturated heterocycles. The van der Waals surface area contributed by atoms with Crippen LogP contribution >= 0.6 is 11.6 Å².